The fourth-order valence-electron chi connectivity index (χ4n) is 1.28. The first-order valence-electron chi connectivity index (χ1n) is 4.59. The van der Waals surface area contributed by atoms with E-state index >= 15 is 0 Å². The van der Waals surface area contributed by atoms with Crippen molar-refractivity contribution in [3.63, 3.8) is 0 Å². The van der Waals surface area contributed by atoms with Crippen LogP contribution in [-0.4, -0.2) is 25.0 Å². The maximum Gasteiger partial charge on any atom is 0.317 e. The third-order valence-electron chi connectivity index (χ3n) is 2.04. The van der Waals surface area contributed by atoms with Gasteiger partial charge in [-0.2, -0.15) is 5.26 Å². The Bertz CT molecular complexity index is 395. The fourth-order valence-corrected chi connectivity index (χ4v) is 1.28. The van der Waals surface area contributed by atoms with Gasteiger partial charge in [-0.1, -0.05) is 12.1 Å². The zero-order valence-electron chi connectivity index (χ0n) is 8.82. The van der Waals surface area contributed by atoms with Gasteiger partial charge >= 0.3 is 6.03 Å². The predicted molar refractivity (Wildman–Crippen MR) is 57.1 cm³/mol. The molecule has 0 atom stereocenters. The second-order valence-electron chi connectivity index (χ2n) is 3.22. The van der Waals surface area contributed by atoms with E-state index < -0.39 is 0 Å². The topological polar surface area (TPSA) is 56.1 Å². The van der Waals surface area contributed by atoms with E-state index in [0.717, 1.165) is 5.56 Å². The van der Waals surface area contributed by atoms with E-state index in [1.54, 1.807) is 31.1 Å². The molecule has 1 aromatic rings. The molecule has 0 heterocycles. The Morgan fingerprint density at radius 3 is 2.93 bits per heavy atom. The van der Waals surface area contributed by atoms with E-state index in [1.807, 2.05) is 12.1 Å². The Balaban J connectivity index is 2.73. The molecule has 0 saturated carbocycles. The van der Waals surface area contributed by atoms with E-state index in [0.29, 0.717) is 12.1 Å². The maximum absolute atomic E-state index is 11.2. The van der Waals surface area contributed by atoms with Crippen LogP contribution in [0.5, 0.6) is 0 Å². The molecule has 0 aromatic heterocycles. The number of hydrogen-bond acceptors (Lipinski definition) is 2. The number of benzene rings is 1. The summed E-state index contributed by atoms with van der Waals surface area (Å²) < 4.78 is 0. The molecule has 15 heavy (non-hydrogen) atoms. The molecule has 2 amide bonds. The van der Waals surface area contributed by atoms with Crippen molar-refractivity contribution in [2.75, 3.05) is 14.1 Å². The fraction of sp³-hybridized carbons (Fsp3) is 0.273. The van der Waals surface area contributed by atoms with Gasteiger partial charge in [0, 0.05) is 20.6 Å². The first kappa shape index (κ1) is 11.1. The Morgan fingerprint density at radius 2 is 2.33 bits per heavy atom. The zero-order chi connectivity index (χ0) is 11.3. The van der Waals surface area contributed by atoms with Gasteiger partial charge in [-0.3, -0.25) is 0 Å². The monoisotopic (exact) mass is 203 g/mol. The molecule has 4 heteroatoms. The SMILES string of the molecule is CNC(=O)N(C)Cc1cccc(C#N)c1. The van der Waals surface area contributed by atoms with Crippen LogP contribution in [0.1, 0.15) is 11.1 Å². The van der Waals surface area contributed by atoms with Crippen molar-refractivity contribution in [2.45, 2.75) is 6.54 Å². The number of carbonyl (C=O) groups excluding carboxylic acids is 1. The molecule has 0 aliphatic rings. The lowest BCUT2D eigenvalue weighted by atomic mass is 10.1. The average molecular weight is 203 g/mol. The average Bonchev–Trinajstić information content (AvgIpc) is 2.28. The van der Waals surface area contributed by atoms with Gasteiger partial charge in [-0.25, -0.2) is 4.79 Å². The number of carbonyl (C=O) groups is 1. The number of nitrogens with zero attached hydrogens (tertiary/aromatic N) is 2. The number of amides is 2. The molecule has 78 valence electrons. The Morgan fingerprint density at radius 1 is 1.60 bits per heavy atom. The molecule has 0 bridgehead atoms. The molecule has 1 rings (SSSR count). The number of nitrogens with one attached hydrogen (secondary N) is 1. The van der Waals surface area contributed by atoms with Gasteiger partial charge in [-0.05, 0) is 17.7 Å². The normalized spacial score (nSPS) is 9.13. The maximum atomic E-state index is 11.2. The van der Waals surface area contributed by atoms with Gasteiger partial charge in [0.25, 0.3) is 0 Å². The van der Waals surface area contributed by atoms with Crippen LogP contribution < -0.4 is 5.32 Å². The van der Waals surface area contributed by atoms with Gasteiger partial charge in [0.1, 0.15) is 0 Å². The van der Waals surface area contributed by atoms with Crippen molar-refractivity contribution < 1.29 is 4.79 Å². The highest BCUT2D eigenvalue weighted by molar-refractivity contribution is 5.73. The Labute approximate surface area is 89.1 Å². The first-order chi connectivity index (χ1) is 7.17. The minimum Gasteiger partial charge on any atom is -0.341 e. The van der Waals surface area contributed by atoms with Crippen LogP contribution in [0, 0.1) is 11.3 Å². The summed E-state index contributed by atoms with van der Waals surface area (Å²) in [7, 11) is 3.29. The molecule has 4 nitrogen and oxygen atoms in total. The van der Waals surface area contributed by atoms with Crippen LogP contribution in [0.25, 0.3) is 0 Å². The van der Waals surface area contributed by atoms with Crippen molar-refractivity contribution in [2.24, 2.45) is 0 Å². The van der Waals surface area contributed by atoms with Gasteiger partial charge < -0.3 is 10.2 Å². The molecule has 0 spiro atoms. The van der Waals surface area contributed by atoms with E-state index in [-0.39, 0.29) is 6.03 Å². The van der Waals surface area contributed by atoms with Gasteiger partial charge in [0.2, 0.25) is 0 Å². The third kappa shape index (κ3) is 2.99. The standard InChI is InChI=1S/C11H13N3O/c1-13-11(15)14(2)8-10-5-3-4-9(6-10)7-12/h3-6H,8H2,1-2H3,(H,13,15). The van der Waals surface area contributed by atoms with E-state index in [4.69, 9.17) is 5.26 Å². The van der Waals surface area contributed by atoms with E-state index in [9.17, 15) is 4.79 Å². The minimum absolute atomic E-state index is 0.141. The summed E-state index contributed by atoms with van der Waals surface area (Å²) in [6.07, 6.45) is 0. The van der Waals surface area contributed by atoms with Crippen molar-refractivity contribution in [1.29, 1.82) is 5.26 Å². The second-order valence-corrected chi connectivity index (χ2v) is 3.22. The summed E-state index contributed by atoms with van der Waals surface area (Å²) in [6, 6.07) is 9.14. The summed E-state index contributed by atoms with van der Waals surface area (Å²) in [5, 5.41) is 11.2. The van der Waals surface area contributed by atoms with Crippen LogP contribution in [0.4, 0.5) is 4.79 Å². The number of rotatable bonds is 2. The largest absolute Gasteiger partial charge is 0.341 e. The molecule has 0 aliphatic heterocycles. The number of hydrogen-bond donors (Lipinski definition) is 1. The molecular formula is C11H13N3O. The summed E-state index contributed by atoms with van der Waals surface area (Å²) in [6.45, 7) is 0.495. The zero-order valence-corrected chi connectivity index (χ0v) is 8.82. The van der Waals surface area contributed by atoms with Gasteiger partial charge in [0.15, 0.2) is 0 Å². The molecule has 1 aromatic carbocycles. The molecule has 1 N–H and O–H groups in total. The predicted octanol–water partition coefficient (Wildman–Crippen LogP) is 1.33. The smallest absolute Gasteiger partial charge is 0.317 e. The summed E-state index contributed by atoms with van der Waals surface area (Å²) in [5.74, 6) is 0. The lowest BCUT2D eigenvalue weighted by Gasteiger charge is -2.16. The summed E-state index contributed by atoms with van der Waals surface area (Å²) in [5.41, 5.74) is 1.55. The Hall–Kier alpha value is -2.02. The van der Waals surface area contributed by atoms with Crippen molar-refractivity contribution in [3.05, 3.63) is 35.4 Å². The van der Waals surface area contributed by atoms with Crippen molar-refractivity contribution in [3.8, 4) is 6.07 Å². The van der Waals surface area contributed by atoms with Crippen molar-refractivity contribution >= 4 is 6.03 Å². The number of urea groups is 1. The highest BCUT2D eigenvalue weighted by Gasteiger charge is 2.06. The van der Waals surface area contributed by atoms with Crippen LogP contribution in [0.2, 0.25) is 0 Å². The molecule has 0 saturated heterocycles. The third-order valence-corrected chi connectivity index (χ3v) is 2.04. The van der Waals surface area contributed by atoms with Crippen molar-refractivity contribution in [1.82, 2.24) is 10.2 Å². The first-order valence-corrected chi connectivity index (χ1v) is 4.59. The minimum atomic E-state index is -0.141. The molecule has 0 aliphatic carbocycles. The van der Waals surface area contributed by atoms with Gasteiger partial charge in [-0.15, -0.1) is 0 Å². The molecule has 0 fully saturated rings. The van der Waals surface area contributed by atoms with E-state index in [2.05, 4.69) is 11.4 Å². The number of nitriles is 1. The lowest BCUT2D eigenvalue weighted by Crippen LogP contribution is -2.34. The van der Waals surface area contributed by atoms with Crippen LogP contribution >= 0.6 is 0 Å². The lowest BCUT2D eigenvalue weighted by molar-refractivity contribution is 0.209. The summed E-state index contributed by atoms with van der Waals surface area (Å²) >= 11 is 0. The highest BCUT2D eigenvalue weighted by atomic mass is 16.2. The molecular weight excluding hydrogens is 190 g/mol. The summed E-state index contributed by atoms with van der Waals surface area (Å²) in [4.78, 5) is 12.8. The van der Waals surface area contributed by atoms with Gasteiger partial charge in [0.05, 0.1) is 11.6 Å². The highest BCUT2D eigenvalue weighted by Crippen LogP contribution is 2.06. The van der Waals surface area contributed by atoms with E-state index in [1.165, 1.54) is 0 Å². The Kier molecular flexibility index (Phi) is 3.69. The second kappa shape index (κ2) is 5.01. The van der Waals surface area contributed by atoms with Crippen LogP contribution in [0.15, 0.2) is 24.3 Å². The quantitative estimate of drug-likeness (QED) is 0.788. The molecule has 0 unspecified atom stereocenters. The van der Waals surface area contributed by atoms with Crippen LogP contribution in [0.3, 0.4) is 0 Å². The molecule has 0 radical (unpaired) electrons. The van der Waals surface area contributed by atoms with Crippen LogP contribution in [-0.2, 0) is 6.54 Å².